The van der Waals surface area contributed by atoms with Gasteiger partial charge in [-0.05, 0) is 56.9 Å². The largest absolute Gasteiger partial charge is 0.453 e. The molecule has 0 saturated heterocycles. The number of hydrogen-bond acceptors (Lipinski definition) is 4. The fourth-order valence-corrected chi connectivity index (χ4v) is 2.41. The van der Waals surface area contributed by atoms with E-state index in [2.05, 4.69) is 11.4 Å². The van der Waals surface area contributed by atoms with Gasteiger partial charge in [0.2, 0.25) is 0 Å². The van der Waals surface area contributed by atoms with E-state index in [1.54, 1.807) is 31.2 Å². The van der Waals surface area contributed by atoms with E-state index in [-0.39, 0.29) is 17.7 Å². The zero-order valence-electron chi connectivity index (χ0n) is 13.4. The van der Waals surface area contributed by atoms with Gasteiger partial charge in [-0.2, -0.15) is 0 Å². The lowest BCUT2D eigenvalue weighted by Gasteiger charge is -2.15. The van der Waals surface area contributed by atoms with Gasteiger partial charge >= 0.3 is 5.97 Å². The molecule has 5 nitrogen and oxygen atoms in total. The molecule has 0 heterocycles. The molecule has 1 aliphatic rings. The number of ketones is 1. The van der Waals surface area contributed by atoms with E-state index in [4.69, 9.17) is 4.74 Å². The molecule has 122 valence electrons. The molecule has 1 aromatic carbocycles. The highest BCUT2D eigenvalue weighted by atomic mass is 16.5. The van der Waals surface area contributed by atoms with E-state index in [1.807, 2.05) is 6.08 Å². The second-order valence-corrected chi connectivity index (χ2v) is 5.72. The van der Waals surface area contributed by atoms with Crippen LogP contribution in [0.2, 0.25) is 0 Å². The Kier molecular flexibility index (Phi) is 5.68. The summed E-state index contributed by atoms with van der Waals surface area (Å²) in [5.41, 5.74) is 1.13. The summed E-state index contributed by atoms with van der Waals surface area (Å²) < 4.78 is 5.17. The van der Waals surface area contributed by atoms with Gasteiger partial charge in [0, 0.05) is 11.3 Å². The summed E-state index contributed by atoms with van der Waals surface area (Å²) in [6, 6.07) is 6.57. The summed E-state index contributed by atoms with van der Waals surface area (Å²) in [5, 5.41) is 2.67. The number of allylic oxidation sites excluding steroid dienone is 2. The van der Waals surface area contributed by atoms with Crippen molar-refractivity contribution in [3.05, 3.63) is 42.0 Å². The molecule has 1 amide bonds. The van der Waals surface area contributed by atoms with Gasteiger partial charge in [0.05, 0.1) is 6.42 Å². The van der Waals surface area contributed by atoms with Crippen molar-refractivity contribution < 1.29 is 19.1 Å². The van der Waals surface area contributed by atoms with Crippen molar-refractivity contribution in [1.82, 2.24) is 0 Å². The summed E-state index contributed by atoms with van der Waals surface area (Å²) >= 11 is 0. The number of amides is 1. The van der Waals surface area contributed by atoms with Gasteiger partial charge in [-0.3, -0.25) is 14.4 Å². The highest BCUT2D eigenvalue weighted by Crippen LogP contribution is 2.21. The van der Waals surface area contributed by atoms with Crippen molar-refractivity contribution in [2.45, 2.75) is 39.2 Å². The topological polar surface area (TPSA) is 72.5 Å². The Bertz CT molecular complexity index is 618. The molecule has 1 aliphatic carbocycles. The van der Waals surface area contributed by atoms with Gasteiger partial charge in [-0.15, -0.1) is 0 Å². The van der Waals surface area contributed by atoms with E-state index in [9.17, 15) is 14.4 Å². The summed E-state index contributed by atoms with van der Waals surface area (Å²) in [4.78, 5) is 35.0. The summed E-state index contributed by atoms with van der Waals surface area (Å²) in [7, 11) is 0. The van der Waals surface area contributed by atoms with Gasteiger partial charge in [-0.1, -0.05) is 12.2 Å². The molecule has 1 aromatic rings. The van der Waals surface area contributed by atoms with Crippen LogP contribution in [0.5, 0.6) is 0 Å². The predicted octanol–water partition coefficient (Wildman–Crippen LogP) is 3.12. The minimum Gasteiger partial charge on any atom is -0.453 e. The van der Waals surface area contributed by atoms with Crippen molar-refractivity contribution >= 4 is 23.3 Å². The van der Waals surface area contributed by atoms with Crippen molar-refractivity contribution in [1.29, 1.82) is 0 Å². The Morgan fingerprint density at radius 3 is 2.52 bits per heavy atom. The van der Waals surface area contributed by atoms with Crippen molar-refractivity contribution in [3.63, 3.8) is 0 Å². The number of carbonyl (C=O) groups excluding carboxylic acids is 3. The number of Topliss-reactive ketones (excluding diaryl/α,β-unsaturated/α-hetero) is 1. The molecule has 0 spiro atoms. The lowest BCUT2D eigenvalue weighted by molar-refractivity contribution is -0.153. The third-order valence-electron chi connectivity index (χ3n) is 3.78. The number of esters is 1. The number of nitrogens with one attached hydrogen (secondary N) is 1. The van der Waals surface area contributed by atoms with Crippen LogP contribution in [0.25, 0.3) is 0 Å². The van der Waals surface area contributed by atoms with E-state index >= 15 is 0 Å². The van der Waals surface area contributed by atoms with Crippen LogP contribution in [0.1, 0.15) is 43.5 Å². The highest BCUT2D eigenvalue weighted by molar-refractivity contribution is 5.97. The van der Waals surface area contributed by atoms with E-state index in [1.165, 1.54) is 6.92 Å². The Labute approximate surface area is 135 Å². The Balaban J connectivity index is 1.83. The summed E-state index contributed by atoms with van der Waals surface area (Å²) in [6.07, 6.45) is 5.46. The van der Waals surface area contributed by atoms with E-state index < -0.39 is 12.0 Å². The third kappa shape index (κ3) is 5.06. The number of anilines is 1. The maximum absolute atomic E-state index is 12.0. The number of hydrogen-bond donors (Lipinski definition) is 1. The van der Waals surface area contributed by atoms with E-state index in [0.717, 1.165) is 12.8 Å². The lowest BCUT2D eigenvalue weighted by Crippen LogP contribution is -2.30. The standard InChI is InChI=1S/C18H21NO4/c1-12(20)15-7-9-16(10-8-15)19-18(22)13(2)23-17(21)11-14-5-3-4-6-14/h3,5,7-10,13-14H,4,6,11H2,1-2H3,(H,19,22)/t13-,14+/m0/s1. The molecule has 23 heavy (non-hydrogen) atoms. The van der Waals surface area contributed by atoms with Crippen LogP contribution in [-0.4, -0.2) is 23.8 Å². The minimum atomic E-state index is -0.861. The molecular weight excluding hydrogens is 294 g/mol. The second-order valence-electron chi connectivity index (χ2n) is 5.72. The van der Waals surface area contributed by atoms with Crippen LogP contribution >= 0.6 is 0 Å². The zero-order chi connectivity index (χ0) is 16.8. The number of rotatable bonds is 6. The number of ether oxygens (including phenoxy) is 1. The first-order valence-corrected chi connectivity index (χ1v) is 7.73. The maximum Gasteiger partial charge on any atom is 0.307 e. The van der Waals surface area contributed by atoms with Gasteiger partial charge in [0.15, 0.2) is 11.9 Å². The summed E-state index contributed by atoms with van der Waals surface area (Å²) in [5.74, 6) is -0.574. The minimum absolute atomic E-state index is 0.0360. The van der Waals surface area contributed by atoms with Gasteiger partial charge in [-0.25, -0.2) is 0 Å². The molecule has 0 aromatic heterocycles. The molecule has 0 bridgehead atoms. The first-order valence-electron chi connectivity index (χ1n) is 7.73. The average molecular weight is 315 g/mol. The third-order valence-corrected chi connectivity index (χ3v) is 3.78. The lowest BCUT2D eigenvalue weighted by atomic mass is 10.1. The van der Waals surface area contributed by atoms with Crippen LogP contribution in [-0.2, 0) is 14.3 Å². The molecule has 0 aliphatic heterocycles. The van der Waals surface area contributed by atoms with E-state index in [0.29, 0.717) is 17.7 Å². The second kappa shape index (κ2) is 7.72. The molecule has 0 unspecified atom stereocenters. The molecule has 1 N–H and O–H groups in total. The molecule has 2 atom stereocenters. The van der Waals surface area contributed by atoms with Crippen LogP contribution in [0, 0.1) is 5.92 Å². The summed E-state index contributed by atoms with van der Waals surface area (Å²) in [6.45, 7) is 3.02. The molecule has 0 radical (unpaired) electrons. The first-order chi connectivity index (χ1) is 11.0. The van der Waals surface area contributed by atoms with Gasteiger partial charge < -0.3 is 10.1 Å². The number of benzene rings is 1. The smallest absolute Gasteiger partial charge is 0.307 e. The fraction of sp³-hybridized carbons (Fsp3) is 0.389. The SMILES string of the molecule is CC(=O)c1ccc(NC(=O)[C@H](C)OC(=O)C[C@@H]2C=CCC2)cc1. The van der Waals surface area contributed by atoms with Crippen LogP contribution in [0.3, 0.4) is 0 Å². The zero-order valence-corrected chi connectivity index (χ0v) is 13.4. The average Bonchev–Trinajstić information content (AvgIpc) is 3.00. The molecule has 2 rings (SSSR count). The Morgan fingerprint density at radius 1 is 1.26 bits per heavy atom. The molecular formula is C18H21NO4. The normalized spacial score (nSPS) is 17.6. The van der Waals surface area contributed by atoms with Gasteiger partial charge in [0.25, 0.3) is 5.91 Å². The monoisotopic (exact) mass is 315 g/mol. The number of carbonyl (C=O) groups is 3. The van der Waals surface area contributed by atoms with Crippen LogP contribution in [0.4, 0.5) is 5.69 Å². The van der Waals surface area contributed by atoms with Crippen LogP contribution in [0.15, 0.2) is 36.4 Å². The quantitative estimate of drug-likeness (QED) is 0.497. The van der Waals surface area contributed by atoms with Crippen molar-refractivity contribution in [2.24, 2.45) is 5.92 Å². The van der Waals surface area contributed by atoms with Crippen molar-refractivity contribution in [3.8, 4) is 0 Å². The Hall–Kier alpha value is -2.43. The molecule has 0 fully saturated rings. The van der Waals surface area contributed by atoms with Crippen LogP contribution < -0.4 is 5.32 Å². The van der Waals surface area contributed by atoms with Gasteiger partial charge in [0.1, 0.15) is 0 Å². The molecule has 5 heteroatoms. The fourth-order valence-electron chi connectivity index (χ4n) is 2.41. The maximum atomic E-state index is 12.0. The first kappa shape index (κ1) is 16.9. The predicted molar refractivity (Wildman–Crippen MR) is 87.1 cm³/mol. The Morgan fingerprint density at radius 2 is 1.96 bits per heavy atom. The molecule has 0 saturated carbocycles. The highest BCUT2D eigenvalue weighted by Gasteiger charge is 2.21. The van der Waals surface area contributed by atoms with Crippen molar-refractivity contribution in [2.75, 3.05) is 5.32 Å².